The van der Waals surface area contributed by atoms with Gasteiger partial charge in [0.1, 0.15) is 17.4 Å². The molecule has 2 N–H and O–H groups in total. The number of para-hydroxylation sites is 2. The molecule has 0 aromatic heterocycles. The molecule has 0 aliphatic rings. The first kappa shape index (κ1) is 22.3. The van der Waals surface area contributed by atoms with Gasteiger partial charge < -0.3 is 15.4 Å². The van der Waals surface area contributed by atoms with Crippen molar-refractivity contribution in [2.45, 2.75) is 13.8 Å². The molecule has 0 saturated carbocycles. The molecule has 0 fully saturated rings. The molecule has 0 heterocycles. The molecular formula is C26H23N3O3. The maximum absolute atomic E-state index is 12.7. The summed E-state index contributed by atoms with van der Waals surface area (Å²) in [7, 11) is 0. The lowest BCUT2D eigenvalue weighted by atomic mass is 10.1. The van der Waals surface area contributed by atoms with Crippen LogP contribution in [0.4, 0.5) is 11.4 Å². The third-order valence-corrected chi connectivity index (χ3v) is 4.63. The lowest BCUT2D eigenvalue weighted by Crippen LogP contribution is -2.20. The maximum atomic E-state index is 12.7. The Hall–Kier alpha value is -4.37. The summed E-state index contributed by atoms with van der Waals surface area (Å²) >= 11 is 0. The highest BCUT2D eigenvalue weighted by Crippen LogP contribution is 2.22. The molecule has 0 radical (unpaired) electrons. The SMILES string of the molecule is Cc1ccc(NC(=O)/C(C#N)=C/c2ccccc2OCC(=O)Nc2ccccc2)c(C)c1. The van der Waals surface area contributed by atoms with Gasteiger partial charge in [0.2, 0.25) is 0 Å². The zero-order valence-electron chi connectivity index (χ0n) is 17.9. The molecule has 0 aliphatic carbocycles. The molecule has 160 valence electrons. The van der Waals surface area contributed by atoms with E-state index >= 15 is 0 Å². The largest absolute Gasteiger partial charge is 0.483 e. The Morgan fingerprint density at radius 2 is 1.69 bits per heavy atom. The van der Waals surface area contributed by atoms with Crippen LogP contribution in [0.25, 0.3) is 6.08 Å². The van der Waals surface area contributed by atoms with Crippen LogP contribution in [-0.2, 0) is 9.59 Å². The fourth-order valence-electron chi connectivity index (χ4n) is 3.04. The fraction of sp³-hybridized carbons (Fsp3) is 0.115. The summed E-state index contributed by atoms with van der Waals surface area (Å²) in [5, 5.41) is 15.1. The van der Waals surface area contributed by atoms with Crippen LogP contribution in [0.15, 0.2) is 78.4 Å². The Kier molecular flexibility index (Phi) is 7.39. The fourth-order valence-corrected chi connectivity index (χ4v) is 3.04. The quantitative estimate of drug-likeness (QED) is 0.417. The van der Waals surface area contributed by atoms with Gasteiger partial charge in [-0.05, 0) is 49.8 Å². The molecule has 0 spiro atoms. The Balaban J connectivity index is 1.72. The zero-order valence-corrected chi connectivity index (χ0v) is 17.9. The molecule has 0 bridgehead atoms. The van der Waals surface area contributed by atoms with E-state index in [1.807, 2.05) is 50.2 Å². The standard InChI is InChI=1S/C26H23N3O3/c1-18-12-13-23(19(2)14-18)29-26(31)21(16-27)15-20-8-6-7-11-24(20)32-17-25(30)28-22-9-4-3-5-10-22/h3-15H,17H2,1-2H3,(H,28,30)(H,29,31)/b21-15+. The van der Waals surface area contributed by atoms with Gasteiger partial charge in [-0.2, -0.15) is 5.26 Å². The van der Waals surface area contributed by atoms with E-state index in [-0.39, 0.29) is 18.1 Å². The van der Waals surface area contributed by atoms with Crippen LogP contribution in [0.5, 0.6) is 5.75 Å². The van der Waals surface area contributed by atoms with Crippen LogP contribution in [0.1, 0.15) is 16.7 Å². The van der Waals surface area contributed by atoms with E-state index in [1.54, 1.807) is 42.5 Å². The average Bonchev–Trinajstić information content (AvgIpc) is 2.79. The second-order valence-electron chi connectivity index (χ2n) is 7.18. The number of ether oxygens (including phenoxy) is 1. The second kappa shape index (κ2) is 10.6. The number of hydrogen-bond acceptors (Lipinski definition) is 4. The van der Waals surface area contributed by atoms with Crippen molar-refractivity contribution < 1.29 is 14.3 Å². The number of carbonyl (C=O) groups is 2. The minimum atomic E-state index is -0.518. The molecule has 6 heteroatoms. The molecule has 3 aromatic carbocycles. The van der Waals surface area contributed by atoms with Crippen molar-refractivity contribution in [3.05, 3.63) is 95.1 Å². The van der Waals surface area contributed by atoms with Crippen LogP contribution in [0.2, 0.25) is 0 Å². The number of aryl methyl sites for hydroxylation is 2. The van der Waals surface area contributed by atoms with E-state index in [0.717, 1.165) is 11.1 Å². The topological polar surface area (TPSA) is 91.2 Å². The second-order valence-corrected chi connectivity index (χ2v) is 7.18. The summed E-state index contributed by atoms with van der Waals surface area (Å²) in [6, 6.07) is 23.6. The number of anilines is 2. The normalized spacial score (nSPS) is 10.7. The van der Waals surface area contributed by atoms with Crippen molar-refractivity contribution in [1.29, 1.82) is 5.26 Å². The lowest BCUT2D eigenvalue weighted by molar-refractivity contribution is -0.118. The molecule has 0 atom stereocenters. The maximum Gasteiger partial charge on any atom is 0.266 e. The third kappa shape index (κ3) is 6.07. The highest BCUT2D eigenvalue weighted by atomic mass is 16.5. The number of nitriles is 1. The minimum absolute atomic E-state index is 0.0743. The summed E-state index contributed by atoms with van der Waals surface area (Å²) in [5.74, 6) is -0.443. The van der Waals surface area contributed by atoms with E-state index in [0.29, 0.717) is 22.7 Å². The molecule has 0 unspecified atom stereocenters. The Morgan fingerprint density at radius 1 is 0.969 bits per heavy atom. The van der Waals surface area contributed by atoms with Gasteiger partial charge in [0.15, 0.2) is 6.61 Å². The van der Waals surface area contributed by atoms with Gasteiger partial charge in [-0.1, -0.05) is 54.1 Å². The molecule has 32 heavy (non-hydrogen) atoms. The molecule has 0 saturated heterocycles. The van der Waals surface area contributed by atoms with E-state index in [4.69, 9.17) is 4.74 Å². The first-order chi connectivity index (χ1) is 15.5. The van der Waals surface area contributed by atoms with Crippen molar-refractivity contribution >= 4 is 29.3 Å². The lowest BCUT2D eigenvalue weighted by Gasteiger charge is -2.11. The summed E-state index contributed by atoms with van der Waals surface area (Å²) in [4.78, 5) is 24.8. The van der Waals surface area contributed by atoms with Gasteiger partial charge in [-0.15, -0.1) is 0 Å². The number of nitrogens with zero attached hydrogens (tertiary/aromatic N) is 1. The number of benzene rings is 3. The van der Waals surface area contributed by atoms with Crippen molar-refractivity contribution in [1.82, 2.24) is 0 Å². The zero-order chi connectivity index (χ0) is 22.9. The van der Waals surface area contributed by atoms with Gasteiger partial charge in [-0.3, -0.25) is 9.59 Å². The number of nitrogens with one attached hydrogen (secondary N) is 2. The molecule has 2 amide bonds. The predicted molar refractivity (Wildman–Crippen MR) is 125 cm³/mol. The van der Waals surface area contributed by atoms with E-state index < -0.39 is 5.91 Å². The molecular weight excluding hydrogens is 402 g/mol. The van der Waals surface area contributed by atoms with Gasteiger partial charge in [0, 0.05) is 16.9 Å². The van der Waals surface area contributed by atoms with Gasteiger partial charge >= 0.3 is 0 Å². The Morgan fingerprint density at radius 3 is 2.41 bits per heavy atom. The van der Waals surface area contributed by atoms with Crippen LogP contribution >= 0.6 is 0 Å². The first-order valence-corrected chi connectivity index (χ1v) is 10.0. The van der Waals surface area contributed by atoms with Crippen molar-refractivity contribution in [2.75, 3.05) is 17.2 Å². The minimum Gasteiger partial charge on any atom is -0.483 e. The smallest absolute Gasteiger partial charge is 0.266 e. The predicted octanol–water partition coefficient (Wildman–Crippen LogP) is 4.87. The average molecular weight is 425 g/mol. The van der Waals surface area contributed by atoms with Gasteiger partial charge in [0.25, 0.3) is 11.8 Å². The van der Waals surface area contributed by atoms with Crippen molar-refractivity contribution in [2.24, 2.45) is 0 Å². The van der Waals surface area contributed by atoms with Crippen LogP contribution in [0, 0.1) is 25.2 Å². The van der Waals surface area contributed by atoms with Crippen LogP contribution < -0.4 is 15.4 Å². The number of hydrogen-bond donors (Lipinski definition) is 2. The first-order valence-electron chi connectivity index (χ1n) is 10.0. The van der Waals surface area contributed by atoms with Gasteiger partial charge in [-0.25, -0.2) is 0 Å². The molecule has 6 nitrogen and oxygen atoms in total. The van der Waals surface area contributed by atoms with Crippen LogP contribution in [-0.4, -0.2) is 18.4 Å². The highest BCUT2D eigenvalue weighted by Gasteiger charge is 2.13. The molecule has 0 aliphatic heterocycles. The van der Waals surface area contributed by atoms with Crippen molar-refractivity contribution in [3.63, 3.8) is 0 Å². The summed E-state index contributed by atoms with van der Waals surface area (Å²) < 4.78 is 5.65. The van der Waals surface area contributed by atoms with Crippen molar-refractivity contribution in [3.8, 4) is 11.8 Å². The number of carbonyl (C=O) groups excluding carboxylic acids is 2. The third-order valence-electron chi connectivity index (χ3n) is 4.63. The van der Waals surface area contributed by atoms with E-state index in [1.165, 1.54) is 6.08 Å². The summed E-state index contributed by atoms with van der Waals surface area (Å²) in [6.45, 7) is 3.65. The summed E-state index contributed by atoms with van der Waals surface area (Å²) in [6.07, 6.45) is 1.45. The molecule has 3 aromatic rings. The van der Waals surface area contributed by atoms with E-state index in [9.17, 15) is 14.9 Å². The number of rotatable bonds is 7. The van der Waals surface area contributed by atoms with Crippen LogP contribution in [0.3, 0.4) is 0 Å². The highest BCUT2D eigenvalue weighted by molar-refractivity contribution is 6.10. The summed E-state index contributed by atoms with van der Waals surface area (Å²) in [5.41, 5.74) is 3.75. The van der Waals surface area contributed by atoms with Gasteiger partial charge in [0.05, 0.1) is 0 Å². The Labute approximate surface area is 187 Å². The monoisotopic (exact) mass is 425 g/mol. The number of amides is 2. The molecule has 3 rings (SSSR count). The Bertz CT molecular complexity index is 1190. The van der Waals surface area contributed by atoms with E-state index in [2.05, 4.69) is 10.6 Å².